The molecule has 2 unspecified atom stereocenters. The number of nitrogens with two attached hydrogens (primary N) is 1. The van der Waals surface area contributed by atoms with Crippen LogP contribution in [0, 0.1) is 0 Å². The van der Waals surface area contributed by atoms with Crippen molar-refractivity contribution >= 4 is 0 Å². The molecule has 0 aromatic rings. The van der Waals surface area contributed by atoms with Gasteiger partial charge in [0.15, 0.2) is 0 Å². The van der Waals surface area contributed by atoms with Crippen LogP contribution in [0.3, 0.4) is 0 Å². The van der Waals surface area contributed by atoms with Gasteiger partial charge in [-0.3, -0.25) is 4.90 Å². The van der Waals surface area contributed by atoms with Crippen molar-refractivity contribution in [2.24, 2.45) is 5.73 Å². The van der Waals surface area contributed by atoms with E-state index in [2.05, 4.69) is 30.7 Å². The second-order valence-corrected chi connectivity index (χ2v) is 4.29. The third kappa shape index (κ3) is 2.93. The van der Waals surface area contributed by atoms with E-state index in [1.54, 1.807) is 0 Å². The van der Waals surface area contributed by atoms with Crippen LogP contribution in [0.2, 0.25) is 0 Å². The molecule has 1 saturated heterocycles. The van der Waals surface area contributed by atoms with Gasteiger partial charge in [-0.05, 0) is 33.9 Å². The second kappa shape index (κ2) is 4.94. The van der Waals surface area contributed by atoms with Crippen LogP contribution in [0.1, 0.15) is 20.3 Å². The molecule has 13 heavy (non-hydrogen) atoms. The fourth-order valence-corrected chi connectivity index (χ4v) is 2.18. The first-order chi connectivity index (χ1) is 6.15. The van der Waals surface area contributed by atoms with Gasteiger partial charge < -0.3 is 10.6 Å². The van der Waals surface area contributed by atoms with Gasteiger partial charge in [0.2, 0.25) is 0 Å². The average molecular weight is 185 g/mol. The fraction of sp³-hybridized carbons (Fsp3) is 1.00. The van der Waals surface area contributed by atoms with Crippen molar-refractivity contribution in [3.8, 4) is 0 Å². The normalized spacial score (nSPS) is 30.0. The highest BCUT2D eigenvalue weighted by Gasteiger charge is 2.22. The lowest BCUT2D eigenvalue weighted by Gasteiger charge is -2.32. The summed E-state index contributed by atoms with van der Waals surface area (Å²) in [5.74, 6) is 0. The lowest BCUT2D eigenvalue weighted by Crippen LogP contribution is -2.46. The first-order valence-corrected chi connectivity index (χ1v) is 5.29. The van der Waals surface area contributed by atoms with Crippen LogP contribution in [0.4, 0.5) is 0 Å². The minimum Gasteiger partial charge on any atom is -0.329 e. The summed E-state index contributed by atoms with van der Waals surface area (Å²) in [6.07, 6.45) is 1.27. The molecule has 0 aromatic carbocycles. The van der Waals surface area contributed by atoms with E-state index < -0.39 is 0 Å². The summed E-state index contributed by atoms with van der Waals surface area (Å²) in [5.41, 5.74) is 5.70. The molecule has 3 nitrogen and oxygen atoms in total. The largest absolute Gasteiger partial charge is 0.329 e. The Morgan fingerprint density at radius 1 is 1.46 bits per heavy atom. The van der Waals surface area contributed by atoms with Crippen LogP contribution in [-0.2, 0) is 0 Å². The topological polar surface area (TPSA) is 32.5 Å². The minimum atomic E-state index is 0.529. The fourth-order valence-electron chi connectivity index (χ4n) is 2.18. The summed E-state index contributed by atoms with van der Waals surface area (Å²) in [7, 11) is 2.20. The van der Waals surface area contributed by atoms with E-state index in [1.165, 1.54) is 26.1 Å². The Balaban J connectivity index is 2.52. The maximum Gasteiger partial charge on any atom is 0.0198 e. The van der Waals surface area contributed by atoms with Crippen molar-refractivity contribution in [2.45, 2.75) is 32.4 Å². The highest BCUT2D eigenvalue weighted by Crippen LogP contribution is 2.11. The molecule has 1 fully saturated rings. The Hall–Kier alpha value is -0.120. The van der Waals surface area contributed by atoms with Crippen LogP contribution in [0.15, 0.2) is 0 Å². The molecule has 78 valence electrons. The molecule has 0 spiro atoms. The summed E-state index contributed by atoms with van der Waals surface area (Å²) < 4.78 is 0. The smallest absolute Gasteiger partial charge is 0.0198 e. The molecule has 1 aliphatic heterocycles. The summed E-state index contributed by atoms with van der Waals surface area (Å²) in [5, 5.41) is 0. The van der Waals surface area contributed by atoms with Crippen molar-refractivity contribution in [3.63, 3.8) is 0 Å². The van der Waals surface area contributed by atoms with Crippen molar-refractivity contribution in [1.29, 1.82) is 0 Å². The van der Waals surface area contributed by atoms with Gasteiger partial charge in [0.1, 0.15) is 0 Å². The van der Waals surface area contributed by atoms with Gasteiger partial charge in [-0.2, -0.15) is 0 Å². The predicted octanol–water partition coefficient (Wildman–Crippen LogP) is 0.360. The van der Waals surface area contributed by atoms with E-state index in [-0.39, 0.29) is 0 Å². The van der Waals surface area contributed by atoms with E-state index >= 15 is 0 Å². The summed E-state index contributed by atoms with van der Waals surface area (Å²) in [6.45, 7) is 8.89. The zero-order valence-corrected chi connectivity index (χ0v) is 9.16. The van der Waals surface area contributed by atoms with E-state index in [0.29, 0.717) is 12.1 Å². The minimum absolute atomic E-state index is 0.529. The van der Waals surface area contributed by atoms with E-state index in [4.69, 9.17) is 5.73 Å². The monoisotopic (exact) mass is 185 g/mol. The first-order valence-electron chi connectivity index (χ1n) is 5.29. The number of rotatable bonds is 2. The highest BCUT2D eigenvalue weighted by molar-refractivity contribution is 4.79. The quantitative estimate of drug-likeness (QED) is 0.674. The Labute approximate surface area is 81.9 Å². The molecule has 1 rings (SSSR count). The molecule has 0 radical (unpaired) electrons. The SMILES string of the molecule is CC(CN)N1CCCN(C)CC1C. The molecule has 0 amide bonds. The van der Waals surface area contributed by atoms with Crippen molar-refractivity contribution < 1.29 is 0 Å². The molecule has 0 saturated carbocycles. The molecule has 2 N–H and O–H groups in total. The van der Waals surface area contributed by atoms with E-state index in [0.717, 1.165) is 6.54 Å². The molecule has 3 heteroatoms. The summed E-state index contributed by atoms with van der Waals surface area (Å²) in [6, 6.07) is 1.17. The maximum atomic E-state index is 5.70. The lowest BCUT2D eigenvalue weighted by atomic mass is 10.2. The van der Waals surface area contributed by atoms with Crippen LogP contribution in [0.5, 0.6) is 0 Å². The van der Waals surface area contributed by atoms with Gasteiger partial charge in [0, 0.05) is 31.7 Å². The molecule has 1 heterocycles. The van der Waals surface area contributed by atoms with Gasteiger partial charge in [-0.25, -0.2) is 0 Å². The zero-order chi connectivity index (χ0) is 9.84. The molecular formula is C10H23N3. The van der Waals surface area contributed by atoms with Crippen molar-refractivity contribution in [1.82, 2.24) is 9.80 Å². The Morgan fingerprint density at radius 3 is 2.77 bits per heavy atom. The molecular weight excluding hydrogens is 162 g/mol. The van der Waals surface area contributed by atoms with E-state index in [9.17, 15) is 0 Å². The second-order valence-electron chi connectivity index (χ2n) is 4.29. The van der Waals surface area contributed by atoms with Crippen LogP contribution in [-0.4, -0.2) is 55.1 Å². The van der Waals surface area contributed by atoms with Gasteiger partial charge in [-0.15, -0.1) is 0 Å². The van der Waals surface area contributed by atoms with Gasteiger partial charge in [0.25, 0.3) is 0 Å². The van der Waals surface area contributed by atoms with Gasteiger partial charge >= 0.3 is 0 Å². The number of hydrogen-bond acceptors (Lipinski definition) is 3. The summed E-state index contributed by atoms with van der Waals surface area (Å²) >= 11 is 0. The van der Waals surface area contributed by atoms with Crippen LogP contribution < -0.4 is 5.73 Å². The third-order valence-electron chi connectivity index (χ3n) is 3.01. The predicted molar refractivity (Wildman–Crippen MR) is 56.8 cm³/mol. The van der Waals surface area contributed by atoms with Gasteiger partial charge in [0.05, 0.1) is 0 Å². The molecule has 0 aromatic heterocycles. The Bertz CT molecular complexity index is 149. The highest BCUT2D eigenvalue weighted by atomic mass is 15.2. The Morgan fingerprint density at radius 2 is 2.15 bits per heavy atom. The molecule has 2 atom stereocenters. The summed E-state index contributed by atoms with van der Waals surface area (Å²) in [4.78, 5) is 4.94. The first kappa shape index (κ1) is 11.0. The van der Waals surface area contributed by atoms with E-state index in [1.807, 2.05) is 0 Å². The standard InChI is InChI=1S/C10H23N3/c1-9(7-11)13-6-4-5-12(3)8-10(13)2/h9-10H,4-8,11H2,1-3H3. The molecule has 1 aliphatic rings. The lowest BCUT2D eigenvalue weighted by molar-refractivity contribution is 0.156. The van der Waals surface area contributed by atoms with Crippen LogP contribution >= 0.6 is 0 Å². The van der Waals surface area contributed by atoms with Crippen molar-refractivity contribution in [3.05, 3.63) is 0 Å². The number of hydrogen-bond donors (Lipinski definition) is 1. The Kier molecular flexibility index (Phi) is 4.16. The average Bonchev–Trinajstić information content (AvgIpc) is 2.25. The number of nitrogens with zero attached hydrogens (tertiary/aromatic N) is 2. The van der Waals surface area contributed by atoms with Gasteiger partial charge in [-0.1, -0.05) is 0 Å². The van der Waals surface area contributed by atoms with Crippen molar-refractivity contribution in [2.75, 3.05) is 33.2 Å². The molecule has 0 bridgehead atoms. The maximum absolute atomic E-state index is 5.70. The zero-order valence-electron chi connectivity index (χ0n) is 9.16. The third-order valence-corrected chi connectivity index (χ3v) is 3.01. The molecule has 0 aliphatic carbocycles. The number of likely N-dealkylation sites (N-methyl/N-ethyl adjacent to an activating group) is 1. The van der Waals surface area contributed by atoms with Crippen LogP contribution in [0.25, 0.3) is 0 Å².